The molecule has 0 amide bonds. The van der Waals surface area contributed by atoms with E-state index in [1.54, 1.807) is 25.7 Å². The Bertz CT molecular complexity index is 141. The number of hydrogen-bond donors (Lipinski definition) is 0. The molecule has 0 atom stereocenters. The Kier molecular flexibility index (Phi) is 10.1. The molecule has 16 heavy (non-hydrogen) atoms. The summed E-state index contributed by atoms with van der Waals surface area (Å²) in [6.07, 6.45) is 15.4. The van der Waals surface area contributed by atoms with Crippen molar-refractivity contribution in [3.8, 4) is 0 Å². The van der Waals surface area contributed by atoms with E-state index < -0.39 is 0 Å². The molecule has 0 N–H and O–H groups in total. The van der Waals surface area contributed by atoms with Gasteiger partial charge >= 0.3 is 33.0 Å². The maximum absolute atomic E-state index is 4.70. The van der Waals surface area contributed by atoms with Gasteiger partial charge in [0.15, 0.2) is 0 Å². The molecule has 0 unspecified atom stereocenters. The molecule has 0 spiro atoms. The summed E-state index contributed by atoms with van der Waals surface area (Å²) < 4.78 is 0. The van der Waals surface area contributed by atoms with Crippen molar-refractivity contribution >= 4 is 29.0 Å². The van der Waals surface area contributed by atoms with Crippen LogP contribution in [0.4, 0.5) is 0 Å². The fourth-order valence-corrected chi connectivity index (χ4v) is 5.02. The molecule has 0 radical (unpaired) electrons. The van der Waals surface area contributed by atoms with E-state index in [-0.39, 0.29) is 0 Å². The van der Waals surface area contributed by atoms with E-state index in [1.165, 1.54) is 47.1 Å². The van der Waals surface area contributed by atoms with Crippen LogP contribution in [0.2, 0.25) is 0 Å². The van der Waals surface area contributed by atoms with Crippen LogP contribution >= 0.6 is 29.0 Å². The van der Waals surface area contributed by atoms with Crippen LogP contribution in [0, 0.1) is 0 Å². The van der Waals surface area contributed by atoms with E-state index in [9.17, 15) is 0 Å². The first-order valence-electron chi connectivity index (χ1n) is 6.45. The van der Waals surface area contributed by atoms with Crippen molar-refractivity contribution in [1.82, 2.24) is 0 Å². The Morgan fingerprint density at radius 3 is 1.31 bits per heavy atom. The van der Waals surface area contributed by atoms with Gasteiger partial charge in [0.05, 0.1) is 0 Å². The van der Waals surface area contributed by atoms with Crippen LogP contribution in [0.25, 0.3) is 0 Å². The normalized spacial score (nSPS) is 23.9. The maximum atomic E-state index is 4.70. The molecular formula is C12H23Cl2NiP. The van der Waals surface area contributed by atoms with Crippen molar-refractivity contribution < 1.29 is 12.7 Å². The van der Waals surface area contributed by atoms with Crippen LogP contribution in [-0.4, -0.2) is 11.3 Å². The zero-order chi connectivity index (χ0) is 11.6. The Hall–Kier alpha value is 1.50. The van der Waals surface area contributed by atoms with E-state index >= 15 is 0 Å². The average Bonchev–Trinajstić information content (AvgIpc) is 2.33. The van der Waals surface area contributed by atoms with E-state index in [0.29, 0.717) is 12.7 Å². The van der Waals surface area contributed by atoms with Gasteiger partial charge in [-0.1, -0.05) is 38.5 Å². The van der Waals surface area contributed by atoms with Gasteiger partial charge in [0, 0.05) is 0 Å². The molecule has 0 aromatic heterocycles. The predicted molar refractivity (Wildman–Crippen MR) is 73.8 cm³/mol. The minimum absolute atomic E-state index is 0.569. The molecule has 100 valence electrons. The van der Waals surface area contributed by atoms with Crippen LogP contribution < -0.4 is 0 Å². The van der Waals surface area contributed by atoms with Gasteiger partial charge in [-0.2, -0.15) is 0 Å². The Balaban J connectivity index is 0.000000386. The SMILES string of the molecule is C1CCC(PC2CCCCC2)CC1.[Cl][Ni][Cl]. The van der Waals surface area contributed by atoms with Crippen LogP contribution in [0.15, 0.2) is 0 Å². The van der Waals surface area contributed by atoms with Gasteiger partial charge in [0.1, 0.15) is 0 Å². The van der Waals surface area contributed by atoms with Gasteiger partial charge in [-0.25, -0.2) is 0 Å². The molecule has 0 heterocycles. The summed E-state index contributed by atoms with van der Waals surface area (Å²) in [6.45, 7) is 0. The van der Waals surface area contributed by atoms with E-state index in [4.69, 9.17) is 20.4 Å². The molecule has 0 aromatic carbocycles. The minimum atomic E-state index is 0.569. The summed E-state index contributed by atoms with van der Waals surface area (Å²) >= 11 is 0.569. The third kappa shape index (κ3) is 7.05. The first-order valence-corrected chi connectivity index (χ1v) is 10.3. The molecule has 2 aliphatic rings. The molecule has 2 rings (SSSR count). The summed E-state index contributed by atoms with van der Waals surface area (Å²) in [4.78, 5) is 0. The van der Waals surface area contributed by atoms with Crippen LogP contribution in [0.5, 0.6) is 0 Å². The van der Waals surface area contributed by atoms with Crippen molar-refractivity contribution in [2.45, 2.75) is 75.5 Å². The van der Waals surface area contributed by atoms with E-state index in [0.717, 1.165) is 11.3 Å². The first-order chi connectivity index (χ1) is 7.86. The van der Waals surface area contributed by atoms with Crippen molar-refractivity contribution in [3.05, 3.63) is 0 Å². The Morgan fingerprint density at radius 2 is 1.00 bits per heavy atom. The van der Waals surface area contributed by atoms with Crippen LogP contribution in [-0.2, 0) is 12.7 Å². The van der Waals surface area contributed by atoms with Crippen molar-refractivity contribution in [3.63, 3.8) is 0 Å². The molecule has 0 aliphatic heterocycles. The zero-order valence-electron chi connectivity index (χ0n) is 9.80. The number of rotatable bonds is 2. The Morgan fingerprint density at radius 1 is 0.688 bits per heavy atom. The second-order valence-electron chi connectivity index (χ2n) is 4.88. The summed E-state index contributed by atoms with van der Waals surface area (Å²) in [5.74, 6) is 0. The standard InChI is InChI=1S/C12H23P.2ClH.Ni/c1-3-7-11(8-4-1)13-12-9-5-2-6-10-12;;;/h11-13H,1-10H2;2*1H;/q;;;+2/p-2. The predicted octanol–water partition coefficient (Wildman–Crippen LogP) is 5.71. The quantitative estimate of drug-likeness (QED) is 0.450. The summed E-state index contributed by atoms with van der Waals surface area (Å²) in [7, 11) is 10.7. The molecule has 2 aliphatic carbocycles. The second kappa shape index (κ2) is 10.4. The fourth-order valence-electron chi connectivity index (χ4n) is 2.87. The first kappa shape index (κ1) is 15.6. The van der Waals surface area contributed by atoms with Gasteiger partial charge in [0.25, 0.3) is 0 Å². The molecule has 0 saturated heterocycles. The van der Waals surface area contributed by atoms with Crippen molar-refractivity contribution in [2.24, 2.45) is 0 Å². The van der Waals surface area contributed by atoms with Crippen molar-refractivity contribution in [1.29, 1.82) is 0 Å². The van der Waals surface area contributed by atoms with Crippen LogP contribution in [0.3, 0.4) is 0 Å². The molecule has 2 fully saturated rings. The van der Waals surface area contributed by atoms with E-state index in [2.05, 4.69) is 0 Å². The number of hydrogen-bond acceptors (Lipinski definition) is 0. The van der Waals surface area contributed by atoms with Gasteiger partial charge in [-0.05, 0) is 37.0 Å². The molecule has 4 heteroatoms. The van der Waals surface area contributed by atoms with Gasteiger partial charge in [-0.3, -0.25) is 0 Å². The molecule has 0 nitrogen and oxygen atoms in total. The second-order valence-corrected chi connectivity index (χ2v) is 8.48. The third-order valence-corrected chi connectivity index (χ3v) is 5.78. The molecule has 0 aromatic rings. The molecule has 0 bridgehead atoms. The van der Waals surface area contributed by atoms with Gasteiger partial charge in [-0.15, -0.1) is 8.58 Å². The molecule has 2 saturated carbocycles. The zero-order valence-corrected chi connectivity index (χ0v) is 13.3. The monoisotopic (exact) mass is 326 g/mol. The van der Waals surface area contributed by atoms with Crippen LogP contribution in [0.1, 0.15) is 64.2 Å². The fraction of sp³-hybridized carbons (Fsp3) is 1.00. The van der Waals surface area contributed by atoms with Gasteiger partial charge < -0.3 is 0 Å². The van der Waals surface area contributed by atoms with Crippen molar-refractivity contribution in [2.75, 3.05) is 0 Å². The molecular weight excluding hydrogens is 305 g/mol. The summed E-state index contributed by atoms with van der Waals surface area (Å²) in [6, 6.07) is 0. The van der Waals surface area contributed by atoms with E-state index in [1.807, 2.05) is 0 Å². The Labute approximate surface area is 117 Å². The summed E-state index contributed by atoms with van der Waals surface area (Å²) in [5, 5.41) is 0. The third-order valence-electron chi connectivity index (χ3n) is 3.68. The average molecular weight is 328 g/mol. The topological polar surface area (TPSA) is 0 Å². The van der Waals surface area contributed by atoms with Gasteiger partial charge in [0.2, 0.25) is 0 Å². The number of halogens is 2. The summed E-state index contributed by atoms with van der Waals surface area (Å²) in [5.41, 5.74) is 2.30.